The highest BCUT2D eigenvalue weighted by atomic mass is 16.4. The summed E-state index contributed by atoms with van der Waals surface area (Å²) in [5.41, 5.74) is 3.64. The first-order valence-corrected chi connectivity index (χ1v) is 7.34. The zero-order valence-corrected chi connectivity index (χ0v) is 12.8. The van der Waals surface area contributed by atoms with Gasteiger partial charge in [-0.2, -0.15) is 5.26 Å². The van der Waals surface area contributed by atoms with Gasteiger partial charge in [0, 0.05) is 23.2 Å². The topological polar surface area (TPSA) is 94.7 Å². The van der Waals surface area contributed by atoms with Gasteiger partial charge >= 0.3 is 5.63 Å². The van der Waals surface area contributed by atoms with Crippen LogP contribution in [0.3, 0.4) is 0 Å². The summed E-state index contributed by atoms with van der Waals surface area (Å²) in [5, 5.41) is 13.2. The van der Waals surface area contributed by atoms with Crippen molar-refractivity contribution in [3.05, 3.63) is 64.0 Å². The summed E-state index contributed by atoms with van der Waals surface area (Å²) in [7, 11) is 0. The van der Waals surface area contributed by atoms with E-state index < -0.39 is 0 Å². The molecule has 24 heavy (non-hydrogen) atoms. The van der Waals surface area contributed by atoms with Gasteiger partial charge in [0.15, 0.2) is 0 Å². The third-order valence-electron chi connectivity index (χ3n) is 3.85. The number of aromatic amines is 1. The van der Waals surface area contributed by atoms with Crippen molar-refractivity contribution >= 4 is 33.6 Å². The number of para-hydroxylation sites is 1. The molecule has 0 radical (unpaired) electrons. The van der Waals surface area contributed by atoms with Gasteiger partial charge in [0.1, 0.15) is 17.2 Å². The number of hydrogen-bond acceptors (Lipinski definition) is 5. The first kappa shape index (κ1) is 14.0. The molecule has 0 amide bonds. The summed E-state index contributed by atoms with van der Waals surface area (Å²) in [4.78, 5) is 19.1. The van der Waals surface area contributed by atoms with Crippen LogP contribution >= 0.6 is 0 Å². The minimum absolute atomic E-state index is 0.375. The van der Waals surface area contributed by atoms with Crippen molar-refractivity contribution in [2.75, 3.05) is 5.32 Å². The van der Waals surface area contributed by atoms with E-state index in [0.717, 1.165) is 22.2 Å². The van der Waals surface area contributed by atoms with Gasteiger partial charge in [-0.15, -0.1) is 0 Å². The normalized spacial score (nSPS) is 10.8. The molecule has 116 valence electrons. The van der Waals surface area contributed by atoms with E-state index in [1.54, 1.807) is 18.2 Å². The van der Waals surface area contributed by atoms with Crippen LogP contribution in [-0.4, -0.2) is 9.97 Å². The molecule has 0 fully saturated rings. The van der Waals surface area contributed by atoms with Crippen LogP contribution in [0.25, 0.3) is 22.0 Å². The molecule has 4 aromatic rings. The van der Waals surface area contributed by atoms with E-state index in [4.69, 9.17) is 9.68 Å². The molecule has 6 nitrogen and oxygen atoms in total. The Morgan fingerprint density at radius 3 is 2.96 bits per heavy atom. The lowest BCUT2D eigenvalue weighted by atomic mass is 10.1. The number of H-pyrrole nitrogens is 1. The molecule has 2 heterocycles. The van der Waals surface area contributed by atoms with E-state index in [2.05, 4.69) is 21.4 Å². The number of nitrogens with one attached hydrogen (secondary N) is 2. The van der Waals surface area contributed by atoms with Crippen LogP contribution < -0.4 is 10.9 Å². The van der Waals surface area contributed by atoms with Crippen LogP contribution in [0.1, 0.15) is 11.1 Å². The first-order valence-electron chi connectivity index (χ1n) is 7.34. The highest BCUT2D eigenvalue weighted by molar-refractivity contribution is 5.86. The van der Waals surface area contributed by atoms with Gasteiger partial charge in [0.2, 0.25) is 5.95 Å². The average Bonchev–Trinajstić information content (AvgIpc) is 2.96. The number of aryl methyl sites for hydroxylation is 1. The summed E-state index contributed by atoms with van der Waals surface area (Å²) >= 11 is 0. The van der Waals surface area contributed by atoms with Crippen LogP contribution in [-0.2, 0) is 0 Å². The van der Waals surface area contributed by atoms with Crippen molar-refractivity contribution in [3.8, 4) is 6.07 Å². The Morgan fingerprint density at radius 1 is 1.25 bits per heavy atom. The van der Waals surface area contributed by atoms with E-state index in [1.807, 2.05) is 25.1 Å². The summed E-state index contributed by atoms with van der Waals surface area (Å²) in [6.45, 7) is 1.87. The van der Waals surface area contributed by atoms with Crippen molar-refractivity contribution in [2.45, 2.75) is 6.92 Å². The largest absolute Gasteiger partial charge is 0.423 e. The fourth-order valence-electron chi connectivity index (χ4n) is 2.72. The van der Waals surface area contributed by atoms with E-state index in [9.17, 15) is 4.79 Å². The maximum absolute atomic E-state index is 11.5. The van der Waals surface area contributed by atoms with E-state index in [0.29, 0.717) is 22.6 Å². The van der Waals surface area contributed by atoms with Crippen LogP contribution in [0, 0.1) is 18.3 Å². The van der Waals surface area contributed by atoms with Crippen LogP contribution in [0.15, 0.2) is 51.7 Å². The summed E-state index contributed by atoms with van der Waals surface area (Å²) in [5.74, 6) is 0.516. The quantitative estimate of drug-likeness (QED) is 0.551. The Bertz CT molecular complexity index is 1180. The van der Waals surface area contributed by atoms with Gasteiger partial charge in [0.25, 0.3) is 0 Å². The minimum atomic E-state index is -0.375. The Balaban J connectivity index is 1.77. The zero-order chi connectivity index (χ0) is 16.7. The number of aromatic nitrogens is 2. The van der Waals surface area contributed by atoms with Crippen LogP contribution in [0.4, 0.5) is 11.6 Å². The zero-order valence-electron chi connectivity index (χ0n) is 12.8. The van der Waals surface area contributed by atoms with E-state index in [-0.39, 0.29) is 5.63 Å². The molecule has 2 aromatic carbocycles. The Morgan fingerprint density at radius 2 is 2.12 bits per heavy atom. The van der Waals surface area contributed by atoms with Crippen molar-refractivity contribution in [1.82, 2.24) is 9.97 Å². The van der Waals surface area contributed by atoms with Crippen LogP contribution in [0.5, 0.6) is 0 Å². The van der Waals surface area contributed by atoms with Crippen molar-refractivity contribution in [1.29, 1.82) is 5.26 Å². The van der Waals surface area contributed by atoms with Crippen molar-refractivity contribution < 1.29 is 4.42 Å². The molecule has 0 aliphatic rings. The predicted octanol–water partition coefficient (Wildman–Crippen LogP) is 3.59. The number of rotatable bonds is 2. The molecule has 2 aromatic heterocycles. The number of hydrogen-bond donors (Lipinski definition) is 2. The minimum Gasteiger partial charge on any atom is -0.423 e. The maximum Gasteiger partial charge on any atom is 0.336 e. The second kappa shape index (κ2) is 5.25. The third-order valence-corrected chi connectivity index (χ3v) is 3.85. The lowest BCUT2D eigenvalue weighted by Crippen LogP contribution is -1.98. The van der Waals surface area contributed by atoms with Gasteiger partial charge in [-0.1, -0.05) is 6.07 Å². The molecule has 0 saturated heterocycles. The summed E-state index contributed by atoms with van der Waals surface area (Å²) in [6, 6.07) is 14.5. The second-order valence-corrected chi connectivity index (χ2v) is 5.48. The summed E-state index contributed by atoms with van der Waals surface area (Å²) in [6.07, 6.45) is 0. The number of fused-ring (bicyclic) bond motifs is 2. The molecule has 0 aliphatic carbocycles. The fourth-order valence-corrected chi connectivity index (χ4v) is 2.72. The highest BCUT2D eigenvalue weighted by Gasteiger charge is 2.08. The van der Waals surface area contributed by atoms with E-state index >= 15 is 0 Å². The molecular formula is C18H12N4O2. The Labute approximate surface area is 136 Å². The number of imidazole rings is 1. The van der Waals surface area contributed by atoms with Crippen LogP contribution in [0.2, 0.25) is 0 Å². The standard InChI is InChI=1S/C18H12N4O2/c1-10-7-16(23)24-15-8-12(5-6-13(10)15)20-18-21-14-4-2-3-11(9-19)17(14)22-18/h2-8H,1H3,(H2,20,21,22). The van der Waals surface area contributed by atoms with Gasteiger partial charge < -0.3 is 14.7 Å². The molecule has 4 rings (SSSR count). The SMILES string of the molecule is Cc1cc(=O)oc2cc(Nc3nc4c(C#N)cccc4[nH]3)ccc12. The fraction of sp³-hybridized carbons (Fsp3) is 0.0556. The molecule has 0 saturated carbocycles. The molecule has 0 bridgehead atoms. The van der Waals surface area contributed by atoms with Gasteiger partial charge in [-0.3, -0.25) is 0 Å². The highest BCUT2D eigenvalue weighted by Crippen LogP contribution is 2.24. The van der Waals surface area contributed by atoms with Crippen molar-refractivity contribution in [3.63, 3.8) is 0 Å². The maximum atomic E-state index is 11.5. The molecule has 6 heteroatoms. The molecule has 0 unspecified atom stereocenters. The molecular weight excluding hydrogens is 304 g/mol. The average molecular weight is 316 g/mol. The monoisotopic (exact) mass is 316 g/mol. The smallest absolute Gasteiger partial charge is 0.336 e. The van der Waals surface area contributed by atoms with Gasteiger partial charge in [0.05, 0.1) is 11.1 Å². The predicted molar refractivity (Wildman–Crippen MR) is 91.3 cm³/mol. The lowest BCUT2D eigenvalue weighted by molar-refractivity contribution is 0.560. The Hall–Kier alpha value is -3.59. The van der Waals surface area contributed by atoms with E-state index in [1.165, 1.54) is 6.07 Å². The van der Waals surface area contributed by atoms with Crippen molar-refractivity contribution in [2.24, 2.45) is 0 Å². The molecule has 0 aliphatic heterocycles. The molecule has 0 atom stereocenters. The summed E-state index contributed by atoms with van der Waals surface area (Å²) < 4.78 is 5.25. The third kappa shape index (κ3) is 2.29. The molecule has 2 N–H and O–H groups in total. The Kier molecular flexibility index (Phi) is 3.07. The first-order chi connectivity index (χ1) is 11.6. The number of benzene rings is 2. The molecule has 0 spiro atoms. The number of anilines is 2. The lowest BCUT2D eigenvalue weighted by Gasteiger charge is -2.05. The van der Waals surface area contributed by atoms with Gasteiger partial charge in [-0.25, -0.2) is 9.78 Å². The van der Waals surface area contributed by atoms with Gasteiger partial charge in [-0.05, 0) is 36.8 Å². The second-order valence-electron chi connectivity index (χ2n) is 5.48. The number of nitrogens with zero attached hydrogens (tertiary/aromatic N) is 2. The number of nitriles is 1.